The van der Waals surface area contributed by atoms with Gasteiger partial charge in [-0.2, -0.15) is 0 Å². The zero-order valence-electron chi connectivity index (χ0n) is 15.9. The van der Waals surface area contributed by atoms with Crippen molar-refractivity contribution in [2.24, 2.45) is 11.8 Å². The Bertz CT molecular complexity index is 802. The predicted molar refractivity (Wildman–Crippen MR) is 99.6 cm³/mol. The minimum atomic E-state index is -2.47. The van der Waals surface area contributed by atoms with Gasteiger partial charge in [0.1, 0.15) is 0 Å². The van der Waals surface area contributed by atoms with Gasteiger partial charge in [0.15, 0.2) is 11.5 Å². The number of halogens is 3. The molecule has 1 saturated heterocycles. The van der Waals surface area contributed by atoms with Crippen LogP contribution in [0.1, 0.15) is 48.5 Å². The van der Waals surface area contributed by atoms with Gasteiger partial charge in [-0.1, -0.05) is 11.6 Å². The van der Waals surface area contributed by atoms with Crippen LogP contribution >= 0.6 is 11.6 Å². The molecule has 2 heterocycles. The molecule has 1 saturated carbocycles. The Hall–Kier alpha value is -1.60. The second kappa shape index (κ2) is 6.73. The summed E-state index contributed by atoms with van der Waals surface area (Å²) in [6.45, 7) is 5.87. The molecule has 1 atom stereocenters. The summed E-state index contributed by atoms with van der Waals surface area (Å²) in [7, 11) is 0. The van der Waals surface area contributed by atoms with Crippen LogP contribution in [0.4, 0.5) is 8.78 Å². The molecule has 1 aromatic carbocycles. The standard InChI is InChI=1S/C20H24ClF2NO4/c1-11-14(18(25)26)7-15(21)17-16(11)27-19(2,28-17)13-3-5-24(6-4-13)10-12-8-20(22,23)9-12/h7,12-13H,3-6,8-10H2,1-2H3,(H,25,26). The second-order valence-electron chi connectivity index (χ2n) is 8.42. The first-order valence-electron chi connectivity index (χ1n) is 9.62. The zero-order valence-corrected chi connectivity index (χ0v) is 16.7. The van der Waals surface area contributed by atoms with Crippen LogP contribution in [-0.4, -0.2) is 47.3 Å². The molecule has 5 nitrogen and oxygen atoms in total. The van der Waals surface area contributed by atoms with Gasteiger partial charge in [-0.25, -0.2) is 13.6 Å². The minimum absolute atomic E-state index is 0.00411. The second-order valence-corrected chi connectivity index (χ2v) is 8.83. The highest BCUT2D eigenvalue weighted by molar-refractivity contribution is 6.32. The van der Waals surface area contributed by atoms with E-state index < -0.39 is 17.7 Å². The molecule has 3 aliphatic rings. The fourth-order valence-electron chi connectivity index (χ4n) is 4.65. The van der Waals surface area contributed by atoms with Crippen molar-refractivity contribution in [3.63, 3.8) is 0 Å². The highest BCUT2D eigenvalue weighted by Crippen LogP contribution is 2.51. The molecule has 1 unspecified atom stereocenters. The Balaban J connectivity index is 1.41. The van der Waals surface area contributed by atoms with Gasteiger partial charge < -0.3 is 19.5 Å². The highest BCUT2D eigenvalue weighted by atomic mass is 35.5. The van der Waals surface area contributed by atoms with Crippen molar-refractivity contribution in [3.05, 3.63) is 22.2 Å². The Labute approximate surface area is 167 Å². The fourth-order valence-corrected chi connectivity index (χ4v) is 4.89. The first kappa shape index (κ1) is 19.7. The van der Waals surface area contributed by atoms with Crippen molar-refractivity contribution in [2.45, 2.75) is 51.2 Å². The van der Waals surface area contributed by atoms with Gasteiger partial charge >= 0.3 is 5.97 Å². The lowest BCUT2D eigenvalue weighted by Crippen LogP contribution is -2.50. The summed E-state index contributed by atoms with van der Waals surface area (Å²) >= 11 is 6.25. The topological polar surface area (TPSA) is 59.0 Å². The van der Waals surface area contributed by atoms with Crippen LogP contribution in [0.25, 0.3) is 0 Å². The number of piperidine rings is 1. The van der Waals surface area contributed by atoms with Crippen LogP contribution in [0.2, 0.25) is 5.02 Å². The van der Waals surface area contributed by atoms with Gasteiger partial charge in [0.05, 0.1) is 10.6 Å². The predicted octanol–water partition coefficient (Wildman–Crippen LogP) is 4.59. The van der Waals surface area contributed by atoms with E-state index in [1.807, 2.05) is 6.92 Å². The number of nitrogens with zero attached hydrogens (tertiary/aromatic N) is 1. The van der Waals surface area contributed by atoms with Crippen molar-refractivity contribution >= 4 is 17.6 Å². The lowest BCUT2D eigenvalue weighted by molar-refractivity contribution is -0.134. The minimum Gasteiger partial charge on any atom is -0.478 e. The third kappa shape index (κ3) is 3.43. The summed E-state index contributed by atoms with van der Waals surface area (Å²) in [5.74, 6) is -3.47. The number of ether oxygens (including phenoxy) is 2. The number of rotatable bonds is 4. The van der Waals surface area contributed by atoms with Crippen LogP contribution in [0.3, 0.4) is 0 Å². The van der Waals surface area contributed by atoms with E-state index in [1.54, 1.807) is 6.92 Å². The maximum Gasteiger partial charge on any atom is 0.336 e. The first-order valence-corrected chi connectivity index (χ1v) is 10.0. The van der Waals surface area contributed by atoms with Crippen LogP contribution in [0, 0.1) is 18.8 Å². The molecule has 4 rings (SSSR count). The quantitative estimate of drug-likeness (QED) is 0.779. The van der Waals surface area contributed by atoms with Crippen LogP contribution < -0.4 is 9.47 Å². The van der Waals surface area contributed by atoms with Gasteiger partial charge in [-0.3, -0.25) is 0 Å². The number of benzene rings is 1. The van der Waals surface area contributed by atoms with E-state index in [2.05, 4.69) is 4.90 Å². The number of carboxylic acid groups (broad SMARTS) is 1. The number of carbonyl (C=O) groups is 1. The van der Waals surface area contributed by atoms with Gasteiger partial charge in [0.2, 0.25) is 5.92 Å². The number of fused-ring (bicyclic) bond motifs is 1. The fraction of sp³-hybridized carbons (Fsp3) is 0.650. The van der Waals surface area contributed by atoms with Gasteiger partial charge in [0.25, 0.3) is 5.79 Å². The zero-order chi connectivity index (χ0) is 20.3. The smallest absolute Gasteiger partial charge is 0.336 e. The van der Waals surface area contributed by atoms with Crippen molar-refractivity contribution in [1.82, 2.24) is 4.90 Å². The van der Waals surface area contributed by atoms with E-state index in [9.17, 15) is 18.7 Å². The van der Waals surface area contributed by atoms with E-state index in [4.69, 9.17) is 21.1 Å². The monoisotopic (exact) mass is 415 g/mol. The number of hydrogen-bond donors (Lipinski definition) is 1. The molecule has 0 bridgehead atoms. The number of hydrogen-bond acceptors (Lipinski definition) is 4. The highest BCUT2D eigenvalue weighted by Gasteiger charge is 2.49. The summed E-state index contributed by atoms with van der Waals surface area (Å²) in [5.41, 5.74) is 0.600. The van der Waals surface area contributed by atoms with Crippen molar-refractivity contribution in [3.8, 4) is 11.5 Å². The number of carboxylic acids is 1. The Kier molecular flexibility index (Phi) is 4.74. The largest absolute Gasteiger partial charge is 0.478 e. The molecule has 1 aliphatic carbocycles. The lowest BCUT2D eigenvalue weighted by Gasteiger charge is -2.42. The van der Waals surface area contributed by atoms with Gasteiger partial charge in [0, 0.05) is 37.8 Å². The Morgan fingerprint density at radius 2 is 1.89 bits per heavy atom. The van der Waals surface area contributed by atoms with E-state index in [1.165, 1.54) is 6.07 Å². The molecular weight excluding hydrogens is 392 g/mol. The average Bonchev–Trinajstić information content (AvgIpc) is 2.97. The first-order chi connectivity index (χ1) is 13.1. The van der Waals surface area contributed by atoms with E-state index in [0.717, 1.165) is 25.9 Å². The summed E-state index contributed by atoms with van der Waals surface area (Å²) in [5, 5.41) is 9.58. The van der Waals surface area contributed by atoms with Crippen LogP contribution in [0.15, 0.2) is 6.07 Å². The summed E-state index contributed by atoms with van der Waals surface area (Å²) in [4.78, 5) is 13.7. The molecule has 0 radical (unpaired) electrons. The maximum atomic E-state index is 13.0. The Morgan fingerprint density at radius 3 is 2.46 bits per heavy atom. The van der Waals surface area contributed by atoms with Gasteiger partial charge in [-0.05, 0) is 44.8 Å². The van der Waals surface area contributed by atoms with Crippen molar-refractivity contribution < 1.29 is 28.2 Å². The van der Waals surface area contributed by atoms with Crippen molar-refractivity contribution in [2.75, 3.05) is 19.6 Å². The number of alkyl halides is 2. The van der Waals surface area contributed by atoms with Gasteiger partial charge in [-0.15, -0.1) is 0 Å². The summed E-state index contributed by atoms with van der Waals surface area (Å²) in [6.07, 6.45) is 1.62. The molecule has 0 amide bonds. The molecule has 0 aromatic heterocycles. The van der Waals surface area contributed by atoms with E-state index in [-0.39, 0.29) is 35.3 Å². The molecule has 1 aromatic rings. The van der Waals surface area contributed by atoms with Crippen LogP contribution in [-0.2, 0) is 0 Å². The third-order valence-electron chi connectivity index (χ3n) is 6.30. The average molecular weight is 416 g/mol. The molecule has 0 spiro atoms. The van der Waals surface area contributed by atoms with Crippen LogP contribution in [0.5, 0.6) is 11.5 Å². The molecular formula is C20H24ClF2NO4. The maximum absolute atomic E-state index is 13.0. The number of likely N-dealkylation sites (tertiary alicyclic amines) is 1. The molecule has 1 N–H and O–H groups in total. The van der Waals surface area contributed by atoms with E-state index >= 15 is 0 Å². The number of aromatic carboxylic acids is 1. The SMILES string of the molecule is Cc1c(C(=O)O)cc(Cl)c2c1OC(C)(C1CCN(CC3CC(F)(F)C3)CC1)O2. The third-order valence-corrected chi connectivity index (χ3v) is 6.58. The molecule has 8 heteroatoms. The molecule has 2 aliphatic heterocycles. The van der Waals surface area contributed by atoms with E-state index in [0.29, 0.717) is 23.6 Å². The Morgan fingerprint density at radius 1 is 1.29 bits per heavy atom. The molecule has 154 valence electrons. The summed E-state index contributed by atoms with van der Waals surface area (Å²) < 4.78 is 38.3. The summed E-state index contributed by atoms with van der Waals surface area (Å²) in [6, 6.07) is 1.39. The van der Waals surface area contributed by atoms with Crippen molar-refractivity contribution in [1.29, 1.82) is 0 Å². The molecule has 2 fully saturated rings. The molecule has 28 heavy (non-hydrogen) atoms. The lowest BCUT2D eigenvalue weighted by atomic mass is 9.80. The normalized spacial score (nSPS) is 27.6.